The van der Waals surface area contributed by atoms with Gasteiger partial charge in [-0.15, -0.1) is 0 Å². The van der Waals surface area contributed by atoms with Gasteiger partial charge in [-0.3, -0.25) is 15.0 Å². The molecule has 15 heavy (non-hydrogen) atoms. The molecule has 4 heteroatoms. The Morgan fingerprint density at radius 2 is 2.20 bits per heavy atom. The second-order valence-corrected chi connectivity index (χ2v) is 3.30. The lowest BCUT2D eigenvalue weighted by Crippen LogP contribution is -2.18. The Kier molecular flexibility index (Phi) is 2.35. The first-order valence-electron chi connectivity index (χ1n) is 4.52. The van der Waals surface area contributed by atoms with Crippen molar-refractivity contribution in [3.63, 3.8) is 0 Å². The van der Waals surface area contributed by atoms with Crippen molar-refractivity contribution in [3.05, 3.63) is 41.6 Å². The highest BCUT2D eigenvalue weighted by molar-refractivity contribution is 5.97. The van der Waals surface area contributed by atoms with E-state index in [2.05, 4.69) is 4.98 Å². The summed E-state index contributed by atoms with van der Waals surface area (Å²) in [5.74, 6) is -0.528. The molecule has 1 aromatic carbocycles. The van der Waals surface area contributed by atoms with Crippen molar-refractivity contribution in [2.75, 3.05) is 0 Å². The normalized spacial score (nSPS) is 10.3. The van der Waals surface area contributed by atoms with E-state index < -0.39 is 5.91 Å². The number of hydrogen-bond donors (Lipinski definition) is 2. The van der Waals surface area contributed by atoms with Crippen molar-refractivity contribution in [2.45, 2.75) is 6.92 Å². The maximum absolute atomic E-state index is 11.2. The molecule has 0 saturated carbocycles. The summed E-state index contributed by atoms with van der Waals surface area (Å²) in [6, 6.07) is 7.03. The first-order valence-corrected chi connectivity index (χ1v) is 4.52. The second-order valence-electron chi connectivity index (χ2n) is 3.30. The molecule has 4 nitrogen and oxygen atoms in total. The zero-order valence-electron chi connectivity index (χ0n) is 8.19. The Balaban J connectivity index is 2.62. The topological polar surface area (TPSA) is 62.2 Å². The predicted octanol–water partition coefficient (Wildman–Crippen LogP) is 1.66. The lowest BCUT2D eigenvalue weighted by atomic mass is 10.1. The van der Waals surface area contributed by atoms with Crippen LogP contribution in [-0.2, 0) is 0 Å². The standard InChI is InChI=1S/C11H10N2O2/c1-7-4-5-12-10-6-8(11(14)13-15)2-3-9(7)10/h2-6,15H,1H3,(H,13,14). The van der Waals surface area contributed by atoms with Crippen LogP contribution in [0, 0.1) is 6.92 Å². The maximum atomic E-state index is 11.2. The van der Waals surface area contributed by atoms with Crippen molar-refractivity contribution in [2.24, 2.45) is 0 Å². The molecule has 0 aliphatic rings. The molecule has 0 atom stereocenters. The Morgan fingerprint density at radius 3 is 2.93 bits per heavy atom. The quantitative estimate of drug-likeness (QED) is 0.546. The van der Waals surface area contributed by atoms with Crippen LogP contribution >= 0.6 is 0 Å². The van der Waals surface area contributed by atoms with E-state index in [1.807, 2.05) is 19.1 Å². The van der Waals surface area contributed by atoms with Crippen LogP contribution in [0.4, 0.5) is 0 Å². The van der Waals surface area contributed by atoms with Gasteiger partial charge in [-0.2, -0.15) is 0 Å². The van der Waals surface area contributed by atoms with Gasteiger partial charge >= 0.3 is 0 Å². The summed E-state index contributed by atoms with van der Waals surface area (Å²) in [7, 11) is 0. The van der Waals surface area contributed by atoms with Crippen molar-refractivity contribution in [3.8, 4) is 0 Å². The third-order valence-electron chi connectivity index (χ3n) is 2.32. The molecule has 0 aliphatic carbocycles. The van der Waals surface area contributed by atoms with Crippen molar-refractivity contribution >= 4 is 16.8 Å². The van der Waals surface area contributed by atoms with E-state index >= 15 is 0 Å². The summed E-state index contributed by atoms with van der Waals surface area (Å²) in [6.45, 7) is 1.98. The molecule has 0 bridgehead atoms. The van der Waals surface area contributed by atoms with Crippen LogP contribution in [0.2, 0.25) is 0 Å². The Hall–Kier alpha value is -1.94. The number of aryl methyl sites for hydroxylation is 1. The molecule has 0 unspecified atom stereocenters. The van der Waals surface area contributed by atoms with Gasteiger partial charge in [0, 0.05) is 17.1 Å². The molecule has 2 N–H and O–H groups in total. The summed E-state index contributed by atoms with van der Waals surface area (Å²) >= 11 is 0. The van der Waals surface area contributed by atoms with Gasteiger partial charge < -0.3 is 0 Å². The minimum atomic E-state index is -0.528. The molecule has 1 aromatic heterocycles. The molecular formula is C11H10N2O2. The van der Waals surface area contributed by atoms with E-state index in [0.717, 1.165) is 16.5 Å². The summed E-state index contributed by atoms with van der Waals surface area (Å²) in [5.41, 5.74) is 3.84. The van der Waals surface area contributed by atoms with E-state index in [0.29, 0.717) is 5.56 Å². The zero-order valence-corrected chi connectivity index (χ0v) is 8.19. The molecule has 0 spiro atoms. The molecule has 1 heterocycles. The summed E-state index contributed by atoms with van der Waals surface area (Å²) in [5, 5.41) is 9.50. The van der Waals surface area contributed by atoms with Crippen LogP contribution in [0.5, 0.6) is 0 Å². The average Bonchev–Trinajstić information content (AvgIpc) is 2.28. The van der Waals surface area contributed by atoms with Gasteiger partial charge in [0.1, 0.15) is 0 Å². The highest BCUT2D eigenvalue weighted by Gasteiger charge is 2.05. The van der Waals surface area contributed by atoms with E-state index in [1.165, 1.54) is 0 Å². The molecule has 0 fully saturated rings. The van der Waals surface area contributed by atoms with Crippen LogP contribution in [0.3, 0.4) is 0 Å². The van der Waals surface area contributed by atoms with Crippen molar-refractivity contribution < 1.29 is 10.0 Å². The van der Waals surface area contributed by atoms with Crippen molar-refractivity contribution in [1.29, 1.82) is 0 Å². The minimum Gasteiger partial charge on any atom is -0.288 e. The van der Waals surface area contributed by atoms with E-state index in [-0.39, 0.29) is 0 Å². The number of carbonyl (C=O) groups is 1. The predicted molar refractivity (Wildman–Crippen MR) is 55.7 cm³/mol. The number of carbonyl (C=O) groups excluding carboxylic acids is 1. The fourth-order valence-corrected chi connectivity index (χ4v) is 1.50. The number of amides is 1. The van der Waals surface area contributed by atoms with Gasteiger partial charge in [0.15, 0.2) is 0 Å². The van der Waals surface area contributed by atoms with Crippen LogP contribution in [0.25, 0.3) is 10.9 Å². The average molecular weight is 202 g/mol. The fourth-order valence-electron chi connectivity index (χ4n) is 1.50. The summed E-state index contributed by atoms with van der Waals surface area (Å²) in [4.78, 5) is 15.3. The van der Waals surface area contributed by atoms with Gasteiger partial charge in [0.05, 0.1) is 5.52 Å². The SMILES string of the molecule is Cc1ccnc2cc(C(=O)NO)ccc12. The van der Waals surface area contributed by atoms with E-state index in [1.54, 1.807) is 23.8 Å². The summed E-state index contributed by atoms with van der Waals surface area (Å²) < 4.78 is 0. The minimum absolute atomic E-state index is 0.392. The number of pyridine rings is 1. The fraction of sp³-hybridized carbons (Fsp3) is 0.0909. The third-order valence-corrected chi connectivity index (χ3v) is 2.32. The van der Waals surface area contributed by atoms with Crippen LogP contribution in [-0.4, -0.2) is 16.1 Å². The molecule has 76 valence electrons. The lowest BCUT2D eigenvalue weighted by molar-refractivity contribution is 0.0706. The maximum Gasteiger partial charge on any atom is 0.274 e. The molecule has 2 rings (SSSR count). The van der Waals surface area contributed by atoms with Gasteiger partial charge in [0.2, 0.25) is 0 Å². The molecule has 0 radical (unpaired) electrons. The van der Waals surface area contributed by atoms with Crippen LogP contribution < -0.4 is 5.48 Å². The molecule has 0 aliphatic heterocycles. The first kappa shape index (κ1) is 9.61. The zero-order chi connectivity index (χ0) is 10.8. The highest BCUT2D eigenvalue weighted by atomic mass is 16.5. The van der Waals surface area contributed by atoms with E-state index in [4.69, 9.17) is 5.21 Å². The van der Waals surface area contributed by atoms with Gasteiger partial charge in [-0.05, 0) is 30.7 Å². The number of nitrogens with one attached hydrogen (secondary N) is 1. The number of hydrogen-bond acceptors (Lipinski definition) is 3. The number of fused-ring (bicyclic) bond motifs is 1. The Morgan fingerprint density at radius 1 is 1.40 bits per heavy atom. The molecule has 1 amide bonds. The van der Waals surface area contributed by atoms with Crippen molar-refractivity contribution in [1.82, 2.24) is 10.5 Å². The smallest absolute Gasteiger partial charge is 0.274 e. The van der Waals surface area contributed by atoms with Crippen LogP contribution in [0.15, 0.2) is 30.5 Å². The highest BCUT2D eigenvalue weighted by Crippen LogP contribution is 2.17. The van der Waals surface area contributed by atoms with E-state index in [9.17, 15) is 4.79 Å². The molecular weight excluding hydrogens is 192 g/mol. The monoisotopic (exact) mass is 202 g/mol. The Labute approximate surface area is 86.5 Å². The molecule has 0 saturated heterocycles. The van der Waals surface area contributed by atoms with Gasteiger partial charge in [-0.25, -0.2) is 5.48 Å². The number of nitrogens with zero attached hydrogens (tertiary/aromatic N) is 1. The van der Waals surface area contributed by atoms with Gasteiger partial charge in [-0.1, -0.05) is 6.07 Å². The lowest BCUT2D eigenvalue weighted by Gasteiger charge is -2.03. The molecule has 2 aromatic rings. The number of rotatable bonds is 1. The number of aromatic nitrogens is 1. The van der Waals surface area contributed by atoms with Crippen LogP contribution in [0.1, 0.15) is 15.9 Å². The summed E-state index contributed by atoms with van der Waals surface area (Å²) in [6.07, 6.45) is 1.69. The number of hydroxylamine groups is 1. The second kappa shape index (κ2) is 3.67. The number of benzene rings is 1. The third kappa shape index (κ3) is 1.67. The Bertz CT molecular complexity index is 523. The van der Waals surface area contributed by atoms with Gasteiger partial charge in [0.25, 0.3) is 5.91 Å². The first-order chi connectivity index (χ1) is 7.22. The largest absolute Gasteiger partial charge is 0.288 e.